The van der Waals surface area contributed by atoms with Crippen molar-refractivity contribution in [2.75, 3.05) is 5.75 Å². The number of nitrogens with zero attached hydrogens (tertiary/aromatic N) is 3. The first-order valence-electron chi connectivity index (χ1n) is 11.1. The quantitative estimate of drug-likeness (QED) is 0.621. The normalized spacial score (nSPS) is 26.4. The zero-order chi connectivity index (χ0) is 26.5. The maximum Gasteiger partial charge on any atom is 0.574 e. The molecule has 2 aliphatic rings. The molecule has 2 aromatic rings. The Labute approximate surface area is 211 Å². The first kappa shape index (κ1) is 26.2. The van der Waals surface area contributed by atoms with E-state index in [0.717, 1.165) is 6.07 Å². The van der Waals surface area contributed by atoms with E-state index in [1.165, 1.54) is 17.2 Å². The molecule has 194 valence electrons. The monoisotopic (exact) mass is 544 g/mol. The van der Waals surface area contributed by atoms with Crippen molar-refractivity contribution >= 4 is 33.3 Å². The number of amides is 1. The maximum absolute atomic E-state index is 13.2. The second-order valence-electron chi connectivity index (χ2n) is 9.14. The van der Waals surface area contributed by atoms with Gasteiger partial charge in [-0.2, -0.15) is 0 Å². The van der Waals surface area contributed by atoms with Crippen molar-refractivity contribution in [2.45, 2.75) is 56.3 Å². The average Bonchev–Trinajstić information content (AvgIpc) is 2.75. The molecule has 36 heavy (non-hydrogen) atoms. The number of hydrogen-bond acceptors (Lipinski definition) is 7. The van der Waals surface area contributed by atoms with Gasteiger partial charge in [0.15, 0.2) is 15.8 Å². The Morgan fingerprint density at radius 2 is 1.97 bits per heavy atom. The van der Waals surface area contributed by atoms with Gasteiger partial charge in [-0.15, -0.1) is 13.2 Å². The lowest BCUT2D eigenvalue weighted by Crippen LogP contribution is -2.56. The SMILES string of the molecule is C[C@H]1C[C@@H](N2C(=O)C[C@@](C)(c3cccc(-c4ccc(OC(F)(F)F)nc4)c3Cl)N=C2N)CCS1(=O)=O. The van der Waals surface area contributed by atoms with Crippen LogP contribution >= 0.6 is 11.6 Å². The van der Waals surface area contributed by atoms with Gasteiger partial charge in [0.05, 0.1) is 28.0 Å². The molecule has 1 aromatic heterocycles. The molecule has 0 bridgehead atoms. The molecular weight excluding hydrogens is 521 g/mol. The predicted molar refractivity (Wildman–Crippen MR) is 128 cm³/mol. The highest BCUT2D eigenvalue weighted by molar-refractivity contribution is 7.92. The van der Waals surface area contributed by atoms with Crippen LogP contribution < -0.4 is 10.5 Å². The van der Waals surface area contributed by atoms with E-state index in [9.17, 15) is 26.4 Å². The second-order valence-corrected chi connectivity index (χ2v) is 12.1. The minimum Gasteiger partial charge on any atom is -0.388 e. The fourth-order valence-electron chi connectivity index (χ4n) is 4.67. The first-order valence-corrected chi connectivity index (χ1v) is 13.2. The van der Waals surface area contributed by atoms with Crippen molar-refractivity contribution in [3.05, 3.63) is 47.1 Å². The third-order valence-electron chi connectivity index (χ3n) is 6.54. The molecule has 4 rings (SSSR count). The Kier molecular flexibility index (Phi) is 6.71. The number of guanidine groups is 1. The molecule has 0 unspecified atom stereocenters. The standard InChI is InChI=1S/C23H24ClF3N4O4S/c1-13-10-15(8-9-36(13,33)34)31-19(32)11-22(2,30-21(31)28)17-5-3-4-16(20(17)24)14-6-7-18(29-12-14)35-23(25,26)27/h3-7,12-13,15H,8-11H2,1-2H3,(H2,28,30)/t13-,15-,22-/m0/s1. The van der Waals surface area contributed by atoms with Crippen LogP contribution in [0.25, 0.3) is 11.1 Å². The fraction of sp³-hybridized carbons (Fsp3) is 0.435. The lowest BCUT2D eigenvalue weighted by Gasteiger charge is -2.41. The number of sulfone groups is 1. The van der Waals surface area contributed by atoms with Gasteiger partial charge in [-0.05, 0) is 38.3 Å². The lowest BCUT2D eigenvalue weighted by atomic mass is 9.85. The third kappa shape index (κ3) is 5.15. The summed E-state index contributed by atoms with van der Waals surface area (Å²) in [5, 5.41) is -0.334. The number of ether oxygens (including phenoxy) is 1. The van der Waals surface area contributed by atoms with Crippen LogP contribution in [-0.4, -0.2) is 53.6 Å². The number of nitrogens with two attached hydrogens (primary N) is 1. The van der Waals surface area contributed by atoms with Crippen LogP contribution in [0.4, 0.5) is 13.2 Å². The number of benzene rings is 1. The highest BCUT2D eigenvalue weighted by Crippen LogP contribution is 2.42. The van der Waals surface area contributed by atoms with E-state index in [-0.39, 0.29) is 47.9 Å². The molecule has 8 nitrogen and oxygen atoms in total. The molecule has 0 spiro atoms. The van der Waals surface area contributed by atoms with Crippen LogP contribution in [0.15, 0.2) is 41.5 Å². The Balaban J connectivity index is 1.63. The summed E-state index contributed by atoms with van der Waals surface area (Å²) in [5.41, 5.74) is 6.56. The molecule has 0 saturated carbocycles. The Morgan fingerprint density at radius 3 is 2.56 bits per heavy atom. The Bertz CT molecular complexity index is 1320. The van der Waals surface area contributed by atoms with Gasteiger partial charge in [0.25, 0.3) is 0 Å². The number of carbonyl (C=O) groups is 1. The van der Waals surface area contributed by atoms with E-state index >= 15 is 0 Å². The lowest BCUT2D eigenvalue weighted by molar-refractivity contribution is -0.276. The van der Waals surface area contributed by atoms with Crippen LogP contribution in [0.2, 0.25) is 5.02 Å². The number of rotatable bonds is 4. The van der Waals surface area contributed by atoms with E-state index in [1.54, 1.807) is 32.0 Å². The van der Waals surface area contributed by atoms with E-state index in [0.29, 0.717) is 16.7 Å². The average molecular weight is 545 g/mol. The van der Waals surface area contributed by atoms with E-state index in [1.807, 2.05) is 0 Å². The van der Waals surface area contributed by atoms with Gasteiger partial charge >= 0.3 is 6.36 Å². The molecular formula is C23H24ClF3N4O4S. The van der Waals surface area contributed by atoms with Gasteiger partial charge in [0.1, 0.15) is 0 Å². The van der Waals surface area contributed by atoms with Crippen molar-refractivity contribution in [2.24, 2.45) is 10.7 Å². The molecule has 3 heterocycles. The van der Waals surface area contributed by atoms with Crippen molar-refractivity contribution in [1.29, 1.82) is 0 Å². The van der Waals surface area contributed by atoms with Crippen LogP contribution in [0.1, 0.15) is 38.7 Å². The molecule has 0 radical (unpaired) electrons. The molecule has 0 aliphatic carbocycles. The van der Waals surface area contributed by atoms with Crippen molar-refractivity contribution < 1.29 is 31.1 Å². The maximum atomic E-state index is 13.2. The summed E-state index contributed by atoms with van der Waals surface area (Å²) in [6.07, 6.45) is -3.14. The highest BCUT2D eigenvalue weighted by atomic mass is 35.5. The van der Waals surface area contributed by atoms with Gasteiger partial charge in [-0.1, -0.05) is 29.8 Å². The molecule has 1 saturated heterocycles. The van der Waals surface area contributed by atoms with Gasteiger partial charge in [-0.3, -0.25) is 9.69 Å². The van der Waals surface area contributed by atoms with Gasteiger partial charge in [0.2, 0.25) is 11.8 Å². The summed E-state index contributed by atoms with van der Waals surface area (Å²) in [7, 11) is -3.19. The number of hydrogen-bond donors (Lipinski definition) is 1. The van der Waals surface area contributed by atoms with E-state index < -0.39 is 32.9 Å². The molecule has 2 N–H and O–H groups in total. The number of halogens is 4. The predicted octanol–water partition coefficient (Wildman–Crippen LogP) is 4.03. The van der Waals surface area contributed by atoms with Crippen LogP contribution in [0.3, 0.4) is 0 Å². The zero-order valence-electron chi connectivity index (χ0n) is 19.4. The molecule has 1 amide bonds. The fourth-order valence-corrected chi connectivity index (χ4v) is 6.63. The van der Waals surface area contributed by atoms with Gasteiger partial charge in [0, 0.05) is 29.4 Å². The molecule has 1 aromatic carbocycles. The Hall–Kier alpha value is -2.86. The summed E-state index contributed by atoms with van der Waals surface area (Å²) < 4.78 is 65.3. The number of carbonyl (C=O) groups excluding carboxylic acids is 1. The van der Waals surface area contributed by atoms with Crippen molar-refractivity contribution in [1.82, 2.24) is 9.88 Å². The summed E-state index contributed by atoms with van der Waals surface area (Å²) >= 11 is 6.70. The first-order chi connectivity index (χ1) is 16.7. The summed E-state index contributed by atoms with van der Waals surface area (Å²) in [6.45, 7) is 3.34. The number of aliphatic imine (C=N–C) groups is 1. The highest BCUT2D eigenvalue weighted by Gasteiger charge is 2.44. The molecule has 2 aliphatic heterocycles. The smallest absolute Gasteiger partial charge is 0.388 e. The van der Waals surface area contributed by atoms with Crippen LogP contribution in [-0.2, 0) is 20.2 Å². The molecule has 1 fully saturated rings. The van der Waals surface area contributed by atoms with Crippen LogP contribution in [0.5, 0.6) is 5.88 Å². The minimum absolute atomic E-state index is 0.0120. The summed E-state index contributed by atoms with van der Waals surface area (Å²) in [6, 6.07) is 7.18. The number of aromatic nitrogens is 1. The number of alkyl halides is 3. The minimum atomic E-state index is -4.86. The van der Waals surface area contributed by atoms with E-state index in [2.05, 4.69) is 14.7 Å². The van der Waals surface area contributed by atoms with E-state index in [4.69, 9.17) is 17.3 Å². The molecule has 3 atom stereocenters. The van der Waals surface area contributed by atoms with Crippen LogP contribution in [0, 0.1) is 0 Å². The second kappa shape index (κ2) is 9.22. The van der Waals surface area contributed by atoms with Gasteiger partial charge in [-0.25, -0.2) is 18.4 Å². The summed E-state index contributed by atoms with van der Waals surface area (Å²) in [5.74, 6) is -0.937. The van der Waals surface area contributed by atoms with Crippen molar-refractivity contribution in [3.8, 4) is 17.0 Å². The third-order valence-corrected chi connectivity index (χ3v) is 9.17. The molecule has 13 heteroatoms. The number of pyridine rings is 1. The Morgan fingerprint density at radius 1 is 1.25 bits per heavy atom. The largest absolute Gasteiger partial charge is 0.574 e. The van der Waals surface area contributed by atoms with Crippen molar-refractivity contribution in [3.63, 3.8) is 0 Å². The zero-order valence-corrected chi connectivity index (χ0v) is 21.0. The van der Waals surface area contributed by atoms with Gasteiger partial charge < -0.3 is 10.5 Å². The summed E-state index contributed by atoms with van der Waals surface area (Å²) in [4.78, 5) is 22.9. The topological polar surface area (TPSA) is 115 Å².